The Morgan fingerprint density at radius 2 is 1.55 bits per heavy atom. The number of anilines is 2. The molecule has 0 spiro atoms. The fraction of sp³-hybridized carbons (Fsp3) is 0.188. The molecule has 2 N–H and O–H groups in total. The lowest BCUT2D eigenvalue weighted by molar-refractivity contribution is 0.395. The highest BCUT2D eigenvalue weighted by Gasteiger charge is 2.05. The average Bonchev–Trinajstić information content (AvgIpc) is 2.50. The van der Waals surface area contributed by atoms with Crippen LogP contribution in [0.3, 0.4) is 0 Å². The number of hydrogen-bond acceptors (Lipinski definition) is 3. The first-order valence-electron chi connectivity index (χ1n) is 6.59. The number of aryl methyl sites for hydroxylation is 1. The zero-order valence-electron chi connectivity index (χ0n) is 12.6. The summed E-state index contributed by atoms with van der Waals surface area (Å²) in [6.45, 7) is 2.03. The van der Waals surface area contributed by atoms with E-state index in [-0.39, 0.29) is 0 Å². The van der Waals surface area contributed by atoms with Crippen LogP contribution in [0.1, 0.15) is 5.56 Å². The van der Waals surface area contributed by atoms with Crippen molar-refractivity contribution in [3.05, 3.63) is 46.4 Å². The predicted molar refractivity (Wildman–Crippen MR) is 98.3 cm³/mol. The molecule has 0 fully saturated rings. The van der Waals surface area contributed by atoms with Crippen molar-refractivity contribution in [3.63, 3.8) is 0 Å². The molecule has 0 saturated carbocycles. The summed E-state index contributed by atoms with van der Waals surface area (Å²) in [5, 5.41) is 6.77. The van der Waals surface area contributed by atoms with Crippen LogP contribution >= 0.6 is 28.1 Å². The third kappa shape index (κ3) is 4.35. The number of halogens is 1. The quantitative estimate of drug-likeness (QED) is 0.759. The first kappa shape index (κ1) is 16.6. The third-order valence-electron chi connectivity index (χ3n) is 3.03. The van der Waals surface area contributed by atoms with Crippen molar-refractivity contribution in [3.8, 4) is 11.5 Å². The molecule has 22 heavy (non-hydrogen) atoms. The molecule has 0 bridgehead atoms. The average molecular weight is 381 g/mol. The summed E-state index contributed by atoms with van der Waals surface area (Å²) < 4.78 is 11.5. The number of rotatable bonds is 4. The highest BCUT2D eigenvalue weighted by molar-refractivity contribution is 9.10. The maximum atomic E-state index is 5.34. The normalized spacial score (nSPS) is 10.0. The van der Waals surface area contributed by atoms with Crippen molar-refractivity contribution >= 4 is 44.6 Å². The molecular formula is C16H17BrN2O2S. The first-order chi connectivity index (χ1) is 10.5. The molecular weight excluding hydrogens is 364 g/mol. The van der Waals surface area contributed by atoms with Gasteiger partial charge in [0.05, 0.1) is 14.2 Å². The fourth-order valence-corrected chi connectivity index (χ4v) is 2.38. The summed E-state index contributed by atoms with van der Waals surface area (Å²) in [4.78, 5) is 0. The lowest BCUT2D eigenvalue weighted by atomic mass is 10.2. The summed E-state index contributed by atoms with van der Waals surface area (Å²) in [5.41, 5.74) is 2.85. The Labute approximate surface area is 144 Å². The summed E-state index contributed by atoms with van der Waals surface area (Å²) in [5.74, 6) is 1.40. The number of hydrogen-bond donors (Lipinski definition) is 2. The Morgan fingerprint density at radius 3 is 2.09 bits per heavy atom. The van der Waals surface area contributed by atoms with Crippen LogP contribution in [0.4, 0.5) is 11.4 Å². The molecule has 2 aromatic carbocycles. The maximum absolute atomic E-state index is 5.34. The van der Waals surface area contributed by atoms with Crippen LogP contribution in [-0.4, -0.2) is 19.3 Å². The molecule has 2 rings (SSSR count). The summed E-state index contributed by atoms with van der Waals surface area (Å²) in [7, 11) is 3.22. The second-order valence-corrected chi connectivity index (χ2v) is 5.91. The molecule has 4 nitrogen and oxygen atoms in total. The van der Waals surface area contributed by atoms with Gasteiger partial charge in [0, 0.05) is 34.0 Å². The highest BCUT2D eigenvalue weighted by atomic mass is 79.9. The van der Waals surface area contributed by atoms with E-state index in [9.17, 15) is 0 Å². The van der Waals surface area contributed by atoms with Gasteiger partial charge >= 0.3 is 0 Å². The molecule has 0 aliphatic carbocycles. The second-order valence-electron chi connectivity index (χ2n) is 4.64. The van der Waals surface area contributed by atoms with Gasteiger partial charge in [-0.2, -0.15) is 0 Å². The Bertz CT molecular complexity index is 670. The molecule has 0 aliphatic rings. The molecule has 0 aliphatic heterocycles. The summed E-state index contributed by atoms with van der Waals surface area (Å²) in [6, 6.07) is 11.5. The van der Waals surface area contributed by atoms with E-state index in [1.807, 2.05) is 37.3 Å². The second kappa shape index (κ2) is 7.47. The van der Waals surface area contributed by atoms with Gasteiger partial charge in [-0.15, -0.1) is 0 Å². The van der Waals surface area contributed by atoms with Gasteiger partial charge < -0.3 is 20.1 Å². The topological polar surface area (TPSA) is 42.5 Å². The van der Waals surface area contributed by atoms with E-state index in [4.69, 9.17) is 21.7 Å². The Kier molecular flexibility index (Phi) is 5.63. The van der Waals surface area contributed by atoms with Crippen LogP contribution in [-0.2, 0) is 0 Å². The van der Waals surface area contributed by atoms with E-state index in [1.54, 1.807) is 20.3 Å². The van der Waals surface area contributed by atoms with Crippen molar-refractivity contribution in [1.29, 1.82) is 0 Å². The van der Waals surface area contributed by atoms with Gasteiger partial charge in [-0.1, -0.05) is 15.9 Å². The van der Waals surface area contributed by atoms with Crippen LogP contribution in [0.5, 0.6) is 11.5 Å². The number of nitrogens with one attached hydrogen (secondary N) is 2. The SMILES string of the molecule is COc1cc(NC(=S)Nc2ccc(Br)c(C)c2)cc(OC)c1. The minimum absolute atomic E-state index is 0.497. The Hall–Kier alpha value is -1.79. The molecule has 0 radical (unpaired) electrons. The minimum Gasteiger partial charge on any atom is -0.497 e. The molecule has 0 saturated heterocycles. The van der Waals surface area contributed by atoms with Gasteiger partial charge in [0.15, 0.2) is 5.11 Å². The lowest BCUT2D eigenvalue weighted by Gasteiger charge is -2.13. The monoisotopic (exact) mass is 380 g/mol. The van der Waals surface area contributed by atoms with Gasteiger partial charge in [0.1, 0.15) is 11.5 Å². The van der Waals surface area contributed by atoms with E-state index >= 15 is 0 Å². The van der Waals surface area contributed by atoms with Crippen LogP contribution in [0, 0.1) is 6.92 Å². The van der Waals surface area contributed by atoms with Crippen molar-refractivity contribution < 1.29 is 9.47 Å². The smallest absolute Gasteiger partial charge is 0.175 e. The van der Waals surface area contributed by atoms with E-state index in [2.05, 4.69) is 26.6 Å². The third-order valence-corrected chi connectivity index (χ3v) is 4.12. The fourth-order valence-electron chi connectivity index (χ4n) is 1.90. The van der Waals surface area contributed by atoms with E-state index in [0.29, 0.717) is 16.6 Å². The van der Waals surface area contributed by atoms with Crippen LogP contribution < -0.4 is 20.1 Å². The van der Waals surface area contributed by atoms with Gasteiger partial charge in [0.2, 0.25) is 0 Å². The molecule has 2 aromatic rings. The molecule has 0 heterocycles. The first-order valence-corrected chi connectivity index (χ1v) is 7.79. The molecule has 0 amide bonds. The van der Waals surface area contributed by atoms with Crippen LogP contribution in [0.15, 0.2) is 40.9 Å². The van der Waals surface area contributed by atoms with Crippen LogP contribution in [0.25, 0.3) is 0 Å². The predicted octanol–water partition coefficient (Wildman–Crippen LogP) is 4.58. The van der Waals surface area contributed by atoms with Crippen molar-refractivity contribution in [1.82, 2.24) is 0 Å². The van der Waals surface area contributed by atoms with Crippen LogP contribution in [0.2, 0.25) is 0 Å². The minimum atomic E-state index is 0.497. The molecule has 0 unspecified atom stereocenters. The maximum Gasteiger partial charge on any atom is 0.175 e. The van der Waals surface area contributed by atoms with Gasteiger partial charge in [0.25, 0.3) is 0 Å². The van der Waals surface area contributed by atoms with Gasteiger partial charge in [-0.25, -0.2) is 0 Å². The van der Waals surface area contributed by atoms with E-state index in [0.717, 1.165) is 21.4 Å². The van der Waals surface area contributed by atoms with Crippen molar-refractivity contribution in [2.24, 2.45) is 0 Å². The number of ether oxygens (including phenoxy) is 2. The summed E-state index contributed by atoms with van der Waals surface area (Å²) >= 11 is 8.81. The standard InChI is InChI=1S/C16H17BrN2O2S/c1-10-6-11(4-5-15(10)17)18-16(22)19-12-7-13(20-2)9-14(8-12)21-3/h4-9H,1-3H3,(H2,18,19,22). The van der Waals surface area contributed by atoms with E-state index in [1.165, 1.54) is 0 Å². The highest BCUT2D eigenvalue weighted by Crippen LogP contribution is 2.26. The lowest BCUT2D eigenvalue weighted by Crippen LogP contribution is -2.19. The van der Waals surface area contributed by atoms with Gasteiger partial charge in [-0.05, 0) is 42.9 Å². The van der Waals surface area contributed by atoms with Crippen molar-refractivity contribution in [2.75, 3.05) is 24.9 Å². The van der Waals surface area contributed by atoms with Gasteiger partial charge in [-0.3, -0.25) is 0 Å². The number of benzene rings is 2. The zero-order chi connectivity index (χ0) is 16.1. The summed E-state index contributed by atoms with van der Waals surface area (Å²) in [6.07, 6.45) is 0. The molecule has 0 atom stereocenters. The Balaban J connectivity index is 2.09. The zero-order valence-corrected chi connectivity index (χ0v) is 15.0. The number of methoxy groups -OCH3 is 2. The van der Waals surface area contributed by atoms with E-state index < -0.39 is 0 Å². The molecule has 116 valence electrons. The Morgan fingerprint density at radius 1 is 0.955 bits per heavy atom. The van der Waals surface area contributed by atoms with Crippen molar-refractivity contribution in [2.45, 2.75) is 6.92 Å². The number of thiocarbonyl (C=S) groups is 1. The largest absolute Gasteiger partial charge is 0.497 e. The molecule has 6 heteroatoms. The molecule has 0 aromatic heterocycles.